The van der Waals surface area contributed by atoms with Crippen molar-refractivity contribution in [2.75, 3.05) is 10.8 Å². The average molecular weight is 430 g/mol. The normalized spacial score (nSPS) is 14.6. The van der Waals surface area contributed by atoms with Crippen molar-refractivity contribution in [1.82, 2.24) is 9.88 Å². The molecule has 1 aliphatic rings. The number of anilines is 1. The summed E-state index contributed by atoms with van der Waals surface area (Å²) in [5.41, 5.74) is 2.06. The molecular formula is C21H23N3O3S2. The summed E-state index contributed by atoms with van der Waals surface area (Å²) in [6.45, 7) is 2.42. The van der Waals surface area contributed by atoms with Crippen molar-refractivity contribution in [1.29, 1.82) is 0 Å². The van der Waals surface area contributed by atoms with Gasteiger partial charge in [0.05, 0.1) is 11.7 Å². The number of amides is 1. The molecule has 0 fully saturated rings. The molecule has 0 radical (unpaired) electrons. The highest BCUT2D eigenvalue weighted by Crippen LogP contribution is 2.33. The van der Waals surface area contributed by atoms with Gasteiger partial charge in [0.2, 0.25) is 0 Å². The molecule has 29 heavy (non-hydrogen) atoms. The minimum atomic E-state index is -3.73. The van der Waals surface area contributed by atoms with Gasteiger partial charge in [-0.25, -0.2) is 8.42 Å². The Bertz CT molecular complexity index is 1130. The van der Waals surface area contributed by atoms with Crippen LogP contribution < -0.4 is 9.62 Å². The Hall–Kier alpha value is -2.58. The van der Waals surface area contributed by atoms with Gasteiger partial charge in [-0.3, -0.25) is 9.10 Å². The SMILES string of the molecule is CCC(NC(=O)c1cc(S(=O)(=O)N2CCc3ccccc32)cn1C)c1cccs1. The number of sulfonamides is 1. The summed E-state index contributed by atoms with van der Waals surface area (Å²) in [6, 6.07) is 12.8. The van der Waals surface area contributed by atoms with E-state index in [0.29, 0.717) is 24.3 Å². The number of carbonyl (C=O) groups excluding carboxylic acids is 1. The minimum Gasteiger partial charge on any atom is -0.345 e. The highest BCUT2D eigenvalue weighted by molar-refractivity contribution is 7.92. The van der Waals surface area contributed by atoms with E-state index in [2.05, 4.69) is 5.32 Å². The van der Waals surface area contributed by atoms with Crippen LogP contribution in [-0.4, -0.2) is 25.4 Å². The summed E-state index contributed by atoms with van der Waals surface area (Å²) < 4.78 is 29.5. The number of nitrogens with zero attached hydrogens (tertiary/aromatic N) is 2. The largest absolute Gasteiger partial charge is 0.345 e. The molecule has 0 spiro atoms. The van der Waals surface area contributed by atoms with Gasteiger partial charge in [0.1, 0.15) is 10.6 Å². The van der Waals surface area contributed by atoms with E-state index in [4.69, 9.17) is 0 Å². The van der Waals surface area contributed by atoms with E-state index in [1.807, 2.05) is 48.7 Å². The Morgan fingerprint density at radius 2 is 2.03 bits per heavy atom. The first kappa shape index (κ1) is 19.7. The molecule has 152 valence electrons. The second-order valence-corrected chi connectivity index (χ2v) is 9.92. The van der Waals surface area contributed by atoms with E-state index >= 15 is 0 Å². The lowest BCUT2D eigenvalue weighted by atomic mass is 10.2. The summed E-state index contributed by atoms with van der Waals surface area (Å²) in [4.78, 5) is 14.1. The molecule has 0 bridgehead atoms. The molecule has 1 N–H and O–H groups in total. The first-order valence-electron chi connectivity index (χ1n) is 9.53. The number of carbonyl (C=O) groups is 1. The fourth-order valence-electron chi connectivity index (χ4n) is 3.68. The lowest BCUT2D eigenvalue weighted by molar-refractivity contribution is 0.0928. The van der Waals surface area contributed by atoms with Crippen molar-refractivity contribution in [2.45, 2.75) is 30.7 Å². The molecule has 0 saturated carbocycles. The van der Waals surface area contributed by atoms with Crippen LogP contribution in [0.2, 0.25) is 0 Å². The number of benzene rings is 1. The number of aryl methyl sites for hydroxylation is 1. The second-order valence-electron chi connectivity index (χ2n) is 7.08. The zero-order chi connectivity index (χ0) is 20.6. The van der Waals surface area contributed by atoms with Gasteiger partial charge >= 0.3 is 0 Å². The van der Waals surface area contributed by atoms with Gasteiger partial charge in [-0.1, -0.05) is 31.2 Å². The fourth-order valence-corrected chi connectivity index (χ4v) is 6.12. The van der Waals surface area contributed by atoms with Gasteiger partial charge < -0.3 is 9.88 Å². The lowest BCUT2D eigenvalue weighted by Gasteiger charge is -2.18. The Balaban J connectivity index is 1.60. The highest BCUT2D eigenvalue weighted by Gasteiger charge is 2.32. The zero-order valence-electron chi connectivity index (χ0n) is 16.3. The van der Waals surface area contributed by atoms with Crippen molar-refractivity contribution in [3.8, 4) is 0 Å². The Kier molecular flexibility index (Phi) is 5.23. The molecule has 1 unspecified atom stereocenters. The Labute approximate surface area is 174 Å². The van der Waals surface area contributed by atoms with E-state index in [1.54, 1.807) is 23.0 Å². The number of thiophene rings is 1. The molecule has 3 aromatic rings. The van der Waals surface area contributed by atoms with Crippen molar-refractivity contribution in [3.63, 3.8) is 0 Å². The number of fused-ring (bicyclic) bond motifs is 1. The number of nitrogens with one attached hydrogen (secondary N) is 1. The van der Waals surface area contributed by atoms with Crippen LogP contribution in [0.15, 0.2) is 58.9 Å². The van der Waals surface area contributed by atoms with E-state index in [1.165, 1.54) is 16.6 Å². The molecule has 0 saturated heterocycles. The third kappa shape index (κ3) is 3.58. The van der Waals surface area contributed by atoms with E-state index in [0.717, 1.165) is 16.9 Å². The second kappa shape index (κ2) is 7.68. The van der Waals surface area contributed by atoms with Gasteiger partial charge in [-0.2, -0.15) is 0 Å². The predicted molar refractivity (Wildman–Crippen MR) is 115 cm³/mol. The van der Waals surface area contributed by atoms with Gasteiger partial charge in [0.25, 0.3) is 15.9 Å². The standard InChI is InChI=1S/C21H23N3O3S2/c1-3-17(20-9-6-12-28-20)22-21(25)19-13-16(14-23(19)2)29(26,27)24-11-10-15-7-4-5-8-18(15)24/h4-9,12-14,17H,3,10-11H2,1-2H3,(H,22,25). The molecule has 0 aliphatic carbocycles. The van der Waals surface area contributed by atoms with Crippen molar-refractivity contribution < 1.29 is 13.2 Å². The first-order chi connectivity index (χ1) is 13.9. The van der Waals surface area contributed by atoms with Crippen LogP contribution >= 0.6 is 11.3 Å². The van der Waals surface area contributed by atoms with Crippen LogP contribution in [0.3, 0.4) is 0 Å². The molecule has 1 atom stereocenters. The number of hydrogen-bond donors (Lipinski definition) is 1. The van der Waals surface area contributed by atoms with Crippen molar-refractivity contribution >= 4 is 33.0 Å². The van der Waals surface area contributed by atoms with E-state index in [9.17, 15) is 13.2 Å². The quantitative estimate of drug-likeness (QED) is 0.649. The van der Waals surface area contributed by atoms with Gasteiger partial charge in [-0.15, -0.1) is 11.3 Å². The Morgan fingerprint density at radius 3 is 2.76 bits per heavy atom. The fraction of sp³-hybridized carbons (Fsp3) is 0.286. The van der Waals surface area contributed by atoms with Gasteiger partial charge in [0, 0.05) is 24.7 Å². The zero-order valence-corrected chi connectivity index (χ0v) is 18.0. The summed E-state index contributed by atoms with van der Waals surface area (Å²) in [5.74, 6) is -0.281. The topological polar surface area (TPSA) is 71.4 Å². The summed E-state index contributed by atoms with van der Waals surface area (Å²) in [6.07, 6.45) is 2.96. The van der Waals surface area contributed by atoms with Crippen LogP contribution in [0.1, 0.15) is 40.3 Å². The maximum absolute atomic E-state index is 13.2. The number of para-hydroxylation sites is 1. The Morgan fingerprint density at radius 1 is 1.24 bits per heavy atom. The third-order valence-electron chi connectivity index (χ3n) is 5.25. The molecule has 2 aromatic heterocycles. The van der Waals surface area contributed by atoms with E-state index in [-0.39, 0.29) is 16.8 Å². The van der Waals surface area contributed by atoms with E-state index < -0.39 is 10.0 Å². The smallest absolute Gasteiger partial charge is 0.268 e. The molecule has 1 aliphatic heterocycles. The van der Waals surface area contributed by atoms with Crippen molar-refractivity contribution in [3.05, 3.63) is 70.2 Å². The first-order valence-corrected chi connectivity index (χ1v) is 11.8. The monoisotopic (exact) mass is 429 g/mol. The van der Waals surface area contributed by atoms with Crippen LogP contribution in [0.4, 0.5) is 5.69 Å². The maximum atomic E-state index is 13.2. The molecular weight excluding hydrogens is 406 g/mol. The van der Waals surface area contributed by atoms with Crippen LogP contribution in [0.25, 0.3) is 0 Å². The molecule has 6 nitrogen and oxygen atoms in total. The number of aromatic nitrogens is 1. The molecule has 3 heterocycles. The van der Waals surface area contributed by atoms with Crippen molar-refractivity contribution in [2.24, 2.45) is 7.05 Å². The van der Waals surface area contributed by atoms with Gasteiger partial charge in [-0.05, 0) is 42.0 Å². The summed E-state index contributed by atoms with van der Waals surface area (Å²) in [7, 11) is -2.04. The highest BCUT2D eigenvalue weighted by atomic mass is 32.2. The third-order valence-corrected chi connectivity index (χ3v) is 8.01. The lowest BCUT2D eigenvalue weighted by Crippen LogP contribution is -2.29. The molecule has 1 amide bonds. The van der Waals surface area contributed by atoms with Crippen LogP contribution in [0.5, 0.6) is 0 Å². The average Bonchev–Trinajstić information content (AvgIpc) is 3.45. The number of hydrogen-bond acceptors (Lipinski definition) is 4. The minimum absolute atomic E-state index is 0.0945. The van der Waals surface area contributed by atoms with Gasteiger partial charge in [0.15, 0.2) is 0 Å². The molecule has 4 rings (SSSR count). The van der Waals surface area contributed by atoms with Crippen LogP contribution in [-0.2, 0) is 23.5 Å². The summed E-state index contributed by atoms with van der Waals surface area (Å²) >= 11 is 1.59. The predicted octanol–water partition coefficient (Wildman–Crippen LogP) is 3.72. The van der Waals surface area contributed by atoms with Crippen LogP contribution in [0, 0.1) is 0 Å². The summed E-state index contributed by atoms with van der Waals surface area (Å²) in [5, 5.41) is 5.00. The maximum Gasteiger partial charge on any atom is 0.268 e. The molecule has 1 aromatic carbocycles. The number of rotatable bonds is 6. The molecule has 8 heteroatoms.